The minimum Gasteiger partial charge on any atom is -0.338 e. The summed E-state index contributed by atoms with van der Waals surface area (Å²) in [7, 11) is 2.02. The Morgan fingerprint density at radius 2 is 2.32 bits per heavy atom. The number of aromatic nitrogens is 2. The molecule has 1 N–H and O–H groups in total. The van der Waals surface area contributed by atoms with Crippen LogP contribution in [0.5, 0.6) is 0 Å². The summed E-state index contributed by atoms with van der Waals surface area (Å²) in [5, 5.41) is 7.32. The summed E-state index contributed by atoms with van der Waals surface area (Å²) in [6.07, 6.45) is 3.48. The highest BCUT2D eigenvalue weighted by atomic mass is 16.5. The van der Waals surface area contributed by atoms with E-state index in [1.807, 2.05) is 7.05 Å². The Morgan fingerprint density at radius 1 is 1.47 bits per heavy atom. The lowest BCUT2D eigenvalue weighted by molar-refractivity contribution is 0.149. The molecule has 2 heterocycles. The summed E-state index contributed by atoms with van der Waals surface area (Å²) in [4.78, 5) is 6.91. The first kappa shape index (κ1) is 14.5. The van der Waals surface area contributed by atoms with Gasteiger partial charge in [0.2, 0.25) is 5.89 Å². The van der Waals surface area contributed by atoms with E-state index in [1.54, 1.807) is 0 Å². The Bertz CT molecular complexity index is 375. The molecule has 1 saturated heterocycles. The van der Waals surface area contributed by atoms with Crippen LogP contribution in [0.1, 0.15) is 38.4 Å². The third-order valence-electron chi connectivity index (χ3n) is 3.56. The van der Waals surface area contributed by atoms with Crippen molar-refractivity contribution in [1.82, 2.24) is 20.4 Å². The molecular weight excluding hydrogens is 240 g/mol. The average Bonchev–Trinajstić information content (AvgIpc) is 2.76. The maximum Gasteiger partial charge on any atom is 0.240 e. The smallest absolute Gasteiger partial charge is 0.240 e. The second kappa shape index (κ2) is 7.01. The minimum absolute atomic E-state index is 0.570. The zero-order valence-corrected chi connectivity index (χ0v) is 12.4. The maximum atomic E-state index is 5.35. The molecule has 0 aliphatic carbocycles. The van der Waals surface area contributed by atoms with Crippen LogP contribution in [-0.4, -0.2) is 41.7 Å². The summed E-state index contributed by atoms with van der Waals surface area (Å²) in [5.74, 6) is 2.92. The van der Waals surface area contributed by atoms with Gasteiger partial charge in [0.1, 0.15) is 0 Å². The number of piperidine rings is 1. The highest BCUT2D eigenvalue weighted by Crippen LogP contribution is 2.17. The molecule has 1 aliphatic heterocycles. The Kier molecular flexibility index (Phi) is 5.34. The van der Waals surface area contributed by atoms with Crippen LogP contribution in [-0.2, 0) is 13.0 Å². The first-order valence-corrected chi connectivity index (χ1v) is 7.35. The van der Waals surface area contributed by atoms with Gasteiger partial charge in [-0.05, 0) is 44.8 Å². The van der Waals surface area contributed by atoms with E-state index in [2.05, 4.69) is 34.2 Å². The molecule has 1 unspecified atom stereocenters. The van der Waals surface area contributed by atoms with Gasteiger partial charge in [-0.1, -0.05) is 19.0 Å². The lowest BCUT2D eigenvalue weighted by atomic mass is 9.98. The van der Waals surface area contributed by atoms with Crippen molar-refractivity contribution in [1.29, 1.82) is 0 Å². The van der Waals surface area contributed by atoms with Gasteiger partial charge in [-0.3, -0.25) is 4.90 Å². The van der Waals surface area contributed by atoms with Crippen molar-refractivity contribution >= 4 is 0 Å². The van der Waals surface area contributed by atoms with Gasteiger partial charge in [0.05, 0.1) is 6.54 Å². The first-order chi connectivity index (χ1) is 9.17. The summed E-state index contributed by atoms with van der Waals surface area (Å²) in [6, 6.07) is 0. The molecule has 108 valence electrons. The van der Waals surface area contributed by atoms with Crippen molar-refractivity contribution < 1.29 is 4.52 Å². The largest absolute Gasteiger partial charge is 0.338 e. The zero-order chi connectivity index (χ0) is 13.7. The van der Waals surface area contributed by atoms with Gasteiger partial charge in [-0.15, -0.1) is 0 Å². The molecular formula is C14H26N4O. The van der Waals surface area contributed by atoms with Crippen LogP contribution < -0.4 is 5.32 Å². The Hall–Kier alpha value is -0.940. The van der Waals surface area contributed by atoms with Crippen LogP contribution in [0.3, 0.4) is 0 Å². The van der Waals surface area contributed by atoms with E-state index in [0.29, 0.717) is 5.92 Å². The molecule has 19 heavy (non-hydrogen) atoms. The number of hydrogen-bond acceptors (Lipinski definition) is 5. The summed E-state index contributed by atoms with van der Waals surface area (Å²) in [6.45, 7) is 8.50. The Morgan fingerprint density at radius 3 is 3.05 bits per heavy atom. The van der Waals surface area contributed by atoms with Gasteiger partial charge in [0, 0.05) is 13.0 Å². The van der Waals surface area contributed by atoms with E-state index in [0.717, 1.165) is 50.2 Å². The van der Waals surface area contributed by atoms with E-state index in [1.165, 1.54) is 12.8 Å². The molecule has 1 aromatic rings. The Balaban J connectivity index is 1.84. The number of hydrogen-bond donors (Lipinski definition) is 1. The lowest BCUT2D eigenvalue weighted by Gasteiger charge is -2.31. The van der Waals surface area contributed by atoms with E-state index in [9.17, 15) is 0 Å². The number of rotatable bonds is 6. The molecule has 0 amide bonds. The van der Waals surface area contributed by atoms with Crippen molar-refractivity contribution in [2.24, 2.45) is 11.8 Å². The standard InChI is InChI=1S/C14H26N4O/c1-11(2)7-13-16-14(19-17-13)10-18-6-4-5-12(9-18)8-15-3/h11-12,15H,4-10H2,1-3H3. The van der Waals surface area contributed by atoms with E-state index >= 15 is 0 Å². The van der Waals surface area contributed by atoms with Crippen LogP contribution in [0.15, 0.2) is 4.52 Å². The highest BCUT2D eigenvalue weighted by Gasteiger charge is 2.21. The van der Waals surface area contributed by atoms with Crippen LogP contribution >= 0.6 is 0 Å². The van der Waals surface area contributed by atoms with Crippen molar-refractivity contribution in [2.75, 3.05) is 26.7 Å². The third-order valence-corrected chi connectivity index (χ3v) is 3.56. The van der Waals surface area contributed by atoms with Crippen molar-refractivity contribution in [3.8, 4) is 0 Å². The van der Waals surface area contributed by atoms with Crippen LogP contribution in [0, 0.1) is 11.8 Å². The predicted molar refractivity (Wildman–Crippen MR) is 74.8 cm³/mol. The second-order valence-corrected chi connectivity index (χ2v) is 6.00. The lowest BCUT2D eigenvalue weighted by Crippen LogP contribution is -2.38. The second-order valence-electron chi connectivity index (χ2n) is 6.00. The molecule has 0 bridgehead atoms. The number of nitrogens with one attached hydrogen (secondary N) is 1. The van der Waals surface area contributed by atoms with Crippen molar-refractivity contribution in [2.45, 2.75) is 39.7 Å². The Labute approximate surface area is 115 Å². The fourth-order valence-corrected chi connectivity index (χ4v) is 2.74. The van der Waals surface area contributed by atoms with Crippen LogP contribution in [0.4, 0.5) is 0 Å². The normalized spacial score (nSPS) is 21.2. The monoisotopic (exact) mass is 266 g/mol. The molecule has 5 heteroatoms. The van der Waals surface area contributed by atoms with Crippen LogP contribution in [0.2, 0.25) is 0 Å². The molecule has 1 aliphatic rings. The maximum absolute atomic E-state index is 5.35. The zero-order valence-electron chi connectivity index (χ0n) is 12.4. The van der Waals surface area contributed by atoms with Gasteiger partial charge in [-0.2, -0.15) is 4.98 Å². The summed E-state index contributed by atoms with van der Waals surface area (Å²) in [5.41, 5.74) is 0. The molecule has 0 aromatic carbocycles. The van der Waals surface area contributed by atoms with Gasteiger partial charge < -0.3 is 9.84 Å². The molecule has 0 saturated carbocycles. The molecule has 1 aromatic heterocycles. The molecule has 2 rings (SSSR count). The topological polar surface area (TPSA) is 54.2 Å². The molecule has 0 spiro atoms. The van der Waals surface area contributed by atoms with Gasteiger partial charge in [0.15, 0.2) is 5.82 Å². The fourth-order valence-electron chi connectivity index (χ4n) is 2.74. The van der Waals surface area contributed by atoms with E-state index < -0.39 is 0 Å². The fraction of sp³-hybridized carbons (Fsp3) is 0.857. The van der Waals surface area contributed by atoms with E-state index in [4.69, 9.17) is 4.52 Å². The number of nitrogens with zero attached hydrogens (tertiary/aromatic N) is 3. The third kappa shape index (κ3) is 4.58. The van der Waals surface area contributed by atoms with Gasteiger partial charge in [0.25, 0.3) is 0 Å². The van der Waals surface area contributed by atoms with Crippen molar-refractivity contribution in [3.05, 3.63) is 11.7 Å². The molecule has 1 fully saturated rings. The molecule has 1 atom stereocenters. The first-order valence-electron chi connectivity index (χ1n) is 7.35. The minimum atomic E-state index is 0.570. The van der Waals surface area contributed by atoms with Crippen LogP contribution in [0.25, 0.3) is 0 Å². The van der Waals surface area contributed by atoms with Crippen molar-refractivity contribution in [3.63, 3.8) is 0 Å². The quantitative estimate of drug-likeness (QED) is 0.849. The van der Waals surface area contributed by atoms with Gasteiger partial charge >= 0.3 is 0 Å². The van der Waals surface area contributed by atoms with E-state index in [-0.39, 0.29) is 0 Å². The average molecular weight is 266 g/mol. The molecule has 0 radical (unpaired) electrons. The summed E-state index contributed by atoms with van der Waals surface area (Å²) >= 11 is 0. The molecule has 5 nitrogen and oxygen atoms in total. The predicted octanol–water partition coefficient (Wildman–Crippen LogP) is 1.70. The number of likely N-dealkylation sites (tertiary alicyclic amines) is 1. The highest BCUT2D eigenvalue weighted by molar-refractivity contribution is 4.88. The SMILES string of the molecule is CNCC1CCCN(Cc2nc(CC(C)C)no2)C1. The summed E-state index contributed by atoms with van der Waals surface area (Å²) < 4.78 is 5.35. The van der Waals surface area contributed by atoms with Gasteiger partial charge in [-0.25, -0.2) is 0 Å².